The molecule has 0 bridgehead atoms. The van der Waals surface area contributed by atoms with Gasteiger partial charge in [0.15, 0.2) is 0 Å². The van der Waals surface area contributed by atoms with E-state index < -0.39 is 12.7 Å². The predicted octanol–water partition coefficient (Wildman–Crippen LogP) is 2.49. The van der Waals surface area contributed by atoms with Crippen LogP contribution in [0.2, 0.25) is 0 Å². The number of alkyl halides is 4. The van der Waals surface area contributed by atoms with E-state index in [-0.39, 0.29) is 5.88 Å². The highest BCUT2D eigenvalue weighted by Crippen LogP contribution is 2.18. The first-order chi connectivity index (χ1) is 5.92. The molecule has 0 unspecified atom stereocenters. The summed E-state index contributed by atoms with van der Waals surface area (Å²) in [6.07, 6.45) is -2.92. The van der Waals surface area contributed by atoms with Crippen LogP contribution in [0.3, 0.4) is 0 Å². The second-order valence-corrected chi connectivity index (χ2v) is 2.95. The van der Waals surface area contributed by atoms with E-state index in [9.17, 15) is 13.2 Å². The molecule has 1 heterocycles. The van der Waals surface area contributed by atoms with Gasteiger partial charge in [-0.15, -0.1) is 11.6 Å². The molecule has 0 N–H and O–H groups in total. The minimum absolute atomic E-state index is 0.184. The van der Waals surface area contributed by atoms with Crippen molar-refractivity contribution in [3.8, 4) is 0 Å². The lowest BCUT2D eigenvalue weighted by Crippen LogP contribution is -2.17. The van der Waals surface area contributed by atoms with Crippen LogP contribution in [0.4, 0.5) is 13.2 Å². The summed E-state index contributed by atoms with van der Waals surface area (Å²) in [5.41, 5.74) is 1.17. The summed E-state index contributed by atoms with van der Waals surface area (Å²) in [5, 5.41) is 3.68. The van der Waals surface area contributed by atoms with Gasteiger partial charge in [-0.3, -0.25) is 4.68 Å². The monoisotopic (exact) mass is 212 g/mol. The molecule has 0 aromatic carbocycles. The summed E-state index contributed by atoms with van der Waals surface area (Å²) in [4.78, 5) is 0. The van der Waals surface area contributed by atoms with E-state index in [0.717, 1.165) is 4.68 Å². The van der Waals surface area contributed by atoms with Crippen molar-refractivity contribution < 1.29 is 13.2 Å². The van der Waals surface area contributed by atoms with Crippen molar-refractivity contribution in [2.24, 2.45) is 0 Å². The molecular weight excluding hydrogens is 205 g/mol. The van der Waals surface area contributed by atoms with Crippen LogP contribution in [0.15, 0.2) is 6.20 Å². The molecule has 1 rings (SSSR count). The second kappa shape index (κ2) is 3.57. The largest absolute Gasteiger partial charge is 0.408 e. The third kappa shape index (κ3) is 2.91. The minimum Gasteiger partial charge on any atom is -0.263 e. The van der Waals surface area contributed by atoms with Crippen molar-refractivity contribution in [3.63, 3.8) is 0 Å². The number of aromatic nitrogens is 2. The van der Waals surface area contributed by atoms with E-state index >= 15 is 0 Å². The Morgan fingerprint density at radius 2 is 2.15 bits per heavy atom. The normalized spacial score (nSPS) is 12.1. The van der Waals surface area contributed by atoms with Gasteiger partial charge in [-0.1, -0.05) is 0 Å². The van der Waals surface area contributed by atoms with Crippen molar-refractivity contribution in [1.29, 1.82) is 0 Å². The van der Waals surface area contributed by atoms with Gasteiger partial charge in [-0.2, -0.15) is 18.3 Å². The Hall–Kier alpha value is -0.710. The van der Waals surface area contributed by atoms with Gasteiger partial charge < -0.3 is 0 Å². The fourth-order valence-corrected chi connectivity index (χ4v) is 1.22. The Kier molecular flexibility index (Phi) is 2.85. The standard InChI is InChI=1S/C7H8ClF3N2/c1-5-6(2-8)3-13(12-5)4-7(9,10)11/h3H,2,4H2,1H3. The highest BCUT2D eigenvalue weighted by atomic mass is 35.5. The molecule has 0 aliphatic rings. The van der Waals surface area contributed by atoms with Crippen LogP contribution in [0.5, 0.6) is 0 Å². The molecule has 1 aromatic rings. The zero-order valence-electron chi connectivity index (χ0n) is 6.90. The van der Waals surface area contributed by atoms with Crippen LogP contribution >= 0.6 is 11.6 Å². The molecule has 0 aliphatic carbocycles. The highest BCUT2D eigenvalue weighted by Gasteiger charge is 2.28. The topological polar surface area (TPSA) is 17.8 Å². The molecule has 0 radical (unpaired) electrons. The first kappa shape index (κ1) is 10.4. The van der Waals surface area contributed by atoms with E-state index in [1.165, 1.54) is 6.20 Å². The van der Waals surface area contributed by atoms with Gasteiger partial charge in [0, 0.05) is 11.8 Å². The first-order valence-corrected chi connectivity index (χ1v) is 4.11. The smallest absolute Gasteiger partial charge is 0.263 e. The molecule has 6 heteroatoms. The predicted molar refractivity (Wildman–Crippen MR) is 42.6 cm³/mol. The SMILES string of the molecule is Cc1nn(CC(F)(F)F)cc1CCl. The number of halogens is 4. The molecule has 74 valence electrons. The Bertz CT molecular complexity index is 292. The number of aryl methyl sites for hydroxylation is 1. The van der Waals surface area contributed by atoms with Crippen molar-refractivity contribution in [1.82, 2.24) is 9.78 Å². The molecule has 2 nitrogen and oxygen atoms in total. The minimum atomic E-state index is -4.23. The van der Waals surface area contributed by atoms with Crippen molar-refractivity contribution in [3.05, 3.63) is 17.5 Å². The molecule has 0 amide bonds. The van der Waals surface area contributed by atoms with Gasteiger partial charge in [0.1, 0.15) is 6.54 Å². The second-order valence-electron chi connectivity index (χ2n) is 2.69. The van der Waals surface area contributed by atoms with Crippen molar-refractivity contribution in [2.75, 3.05) is 0 Å². The van der Waals surface area contributed by atoms with Crippen LogP contribution in [-0.4, -0.2) is 16.0 Å². The van der Waals surface area contributed by atoms with Crippen LogP contribution in [0.25, 0.3) is 0 Å². The molecule has 0 fully saturated rings. The maximum absolute atomic E-state index is 11.9. The number of nitrogens with zero attached hydrogens (tertiary/aromatic N) is 2. The average Bonchev–Trinajstić information content (AvgIpc) is 2.26. The quantitative estimate of drug-likeness (QED) is 0.689. The fourth-order valence-electron chi connectivity index (χ4n) is 0.955. The van der Waals surface area contributed by atoms with Gasteiger partial charge in [-0.05, 0) is 6.92 Å². The molecule has 1 aromatic heterocycles. The van der Waals surface area contributed by atoms with Crippen LogP contribution in [-0.2, 0) is 12.4 Å². The lowest BCUT2D eigenvalue weighted by molar-refractivity contribution is -0.142. The summed E-state index contributed by atoms with van der Waals surface area (Å²) >= 11 is 5.48. The highest BCUT2D eigenvalue weighted by molar-refractivity contribution is 6.17. The third-order valence-corrected chi connectivity index (χ3v) is 1.82. The van der Waals surface area contributed by atoms with Gasteiger partial charge in [0.2, 0.25) is 0 Å². The maximum atomic E-state index is 11.9. The van der Waals surface area contributed by atoms with E-state index in [1.807, 2.05) is 0 Å². The summed E-state index contributed by atoms with van der Waals surface area (Å²) in [7, 11) is 0. The molecule has 13 heavy (non-hydrogen) atoms. The number of hydrogen-bond donors (Lipinski definition) is 0. The summed E-state index contributed by atoms with van der Waals surface area (Å²) in [6, 6.07) is 0. The van der Waals surface area contributed by atoms with Gasteiger partial charge >= 0.3 is 6.18 Å². The van der Waals surface area contributed by atoms with E-state index in [2.05, 4.69) is 5.10 Å². The van der Waals surface area contributed by atoms with Crippen LogP contribution in [0, 0.1) is 6.92 Å². The zero-order chi connectivity index (χ0) is 10.1. The molecule has 0 saturated carbocycles. The van der Waals surface area contributed by atoms with Crippen molar-refractivity contribution >= 4 is 11.6 Å². The first-order valence-electron chi connectivity index (χ1n) is 3.58. The third-order valence-electron chi connectivity index (χ3n) is 1.53. The molecular formula is C7H8ClF3N2. The summed E-state index contributed by atoms with van der Waals surface area (Å²) in [6.45, 7) is 0.565. The van der Waals surface area contributed by atoms with Gasteiger partial charge in [0.25, 0.3) is 0 Å². The molecule has 0 spiro atoms. The fraction of sp³-hybridized carbons (Fsp3) is 0.571. The van der Waals surface area contributed by atoms with Crippen LogP contribution < -0.4 is 0 Å². The zero-order valence-corrected chi connectivity index (χ0v) is 7.65. The van der Waals surface area contributed by atoms with E-state index in [4.69, 9.17) is 11.6 Å². The molecule has 0 aliphatic heterocycles. The lowest BCUT2D eigenvalue weighted by Gasteiger charge is -2.04. The number of hydrogen-bond acceptors (Lipinski definition) is 1. The molecule has 0 atom stereocenters. The lowest BCUT2D eigenvalue weighted by atomic mass is 10.3. The Balaban J connectivity index is 2.80. The summed E-state index contributed by atoms with van der Waals surface area (Å²) < 4.78 is 36.5. The van der Waals surface area contributed by atoms with Gasteiger partial charge in [-0.25, -0.2) is 0 Å². The molecule has 0 saturated heterocycles. The van der Waals surface area contributed by atoms with E-state index in [1.54, 1.807) is 6.92 Å². The maximum Gasteiger partial charge on any atom is 0.408 e. The Morgan fingerprint density at radius 1 is 1.54 bits per heavy atom. The Labute approximate surface area is 78.3 Å². The van der Waals surface area contributed by atoms with Crippen LogP contribution in [0.1, 0.15) is 11.3 Å². The van der Waals surface area contributed by atoms with E-state index in [0.29, 0.717) is 11.3 Å². The van der Waals surface area contributed by atoms with Crippen molar-refractivity contribution in [2.45, 2.75) is 25.5 Å². The van der Waals surface area contributed by atoms with Gasteiger partial charge in [0.05, 0.1) is 11.6 Å². The number of rotatable bonds is 2. The summed E-state index contributed by atoms with van der Waals surface area (Å²) in [5.74, 6) is 0.184. The average molecular weight is 213 g/mol. The Morgan fingerprint density at radius 3 is 2.54 bits per heavy atom.